The minimum Gasteiger partial charge on any atom is -0.147 e. The molecule has 0 spiro atoms. The van der Waals surface area contributed by atoms with Gasteiger partial charge in [-0.3, -0.25) is 0 Å². The Morgan fingerprint density at radius 3 is 0.732 bits per heavy atom. The fourth-order valence-electron chi connectivity index (χ4n) is 9.25. The first-order chi connectivity index (χ1) is 27.5. The predicted molar refractivity (Wildman–Crippen MR) is 226 cm³/mol. The molecule has 6 aliphatic rings. The van der Waals surface area contributed by atoms with E-state index in [9.17, 15) is 0 Å². The molecule has 0 atom stereocenters. The number of hydrogen-bond acceptors (Lipinski definition) is 4. The maximum atomic E-state index is 6.96. The summed E-state index contributed by atoms with van der Waals surface area (Å²) in [6.45, 7) is 0. The third-order valence-corrected chi connectivity index (χ3v) is 12.4. The van der Waals surface area contributed by atoms with E-state index in [-0.39, 0.29) is 23.7 Å². The van der Waals surface area contributed by atoms with Gasteiger partial charge in [0.15, 0.2) is 10.3 Å². The summed E-state index contributed by atoms with van der Waals surface area (Å²) in [6.07, 6.45) is 0. The highest BCUT2D eigenvalue weighted by atomic mass is 35.5. The zero-order valence-corrected chi connectivity index (χ0v) is 32.6. The largest absolute Gasteiger partial charge is 0.156 e. The Kier molecular flexibility index (Phi) is 8.96. The highest BCUT2D eigenvalue weighted by Gasteiger charge is 2.48. The van der Waals surface area contributed by atoms with Crippen LogP contribution in [-0.4, -0.2) is 20.4 Å². The van der Waals surface area contributed by atoms with Crippen molar-refractivity contribution in [1.82, 2.24) is 20.4 Å². The molecule has 8 aromatic rings. The van der Waals surface area contributed by atoms with E-state index >= 15 is 0 Å². The summed E-state index contributed by atoms with van der Waals surface area (Å²) in [5.74, 6) is -0.107. The third kappa shape index (κ3) is 5.58. The summed E-state index contributed by atoms with van der Waals surface area (Å²) in [5, 5.41) is 21.3. The molecular formula is C48H30Cl4N4. The lowest BCUT2D eigenvalue weighted by Gasteiger charge is -2.44. The number of rotatable bonds is 1. The molecule has 0 radical (unpaired) electrons. The van der Waals surface area contributed by atoms with Gasteiger partial charge in [0.05, 0.1) is 0 Å². The van der Waals surface area contributed by atoms with Crippen molar-refractivity contribution in [2.24, 2.45) is 0 Å². The van der Waals surface area contributed by atoms with Gasteiger partial charge in [-0.2, -0.15) is 0 Å². The van der Waals surface area contributed by atoms with Crippen molar-refractivity contribution in [3.05, 3.63) is 245 Å². The highest BCUT2D eigenvalue weighted by molar-refractivity contribution is 6.31. The van der Waals surface area contributed by atoms with Crippen LogP contribution in [0, 0.1) is 0 Å². The quantitative estimate of drug-likeness (QED) is 0.166. The lowest BCUT2D eigenvalue weighted by atomic mass is 9.59. The zero-order chi connectivity index (χ0) is 37.9. The van der Waals surface area contributed by atoms with E-state index in [0.717, 1.165) is 43.7 Å². The molecule has 56 heavy (non-hydrogen) atoms. The van der Waals surface area contributed by atoms with E-state index < -0.39 is 0 Å². The number of nitrogens with zero attached hydrogens (tertiary/aromatic N) is 4. The van der Waals surface area contributed by atoms with Crippen molar-refractivity contribution >= 4 is 46.4 Å². The summed E-state index contributed by atoms with van der Waals surface area (Å²) in [4.78, 5) is 0. The van der Waals surface area contributed by atoms with E-state index in [1.54, 1.807) is 0 Å². The second-order valence-corrected chi connectivity index (χ2v) is 15.8. The van der Waals surface area contributed by atoms with E-state index in [4.69, 9.17) is 56.6 Å². The topological polar surface area (TPSA) is 51.6 Å². The maximum absolute atomic E-state index is 6.96. The zero-order valence-electron chi connectivity index (χ0n) is 29.6. The van der Waals surface area contributed by atoms with E-state index in [2.05, 4.69) is 107 Å². The molecule has 6 aromatic carbocycles. The summed E-state index contributed by atoms with van der Waals surface area (Å²) in [5.41, 5.74) is 16.0. The van der Waals surface area contributed by atoms with Crippen molar-refractivity contribution in [3.63, 3.8) is 0 Å². The first-order valence-electron chi connectivity index (χ1n) is 18.4. The fraction of sp³-hybridized carbons (Fsp3) is 0.0833. The Morgan fingerprint density at radius 2 is 0.500 bits per heavy atom. The summed E-state index contributed by atoms with van der Waals surface area (Å²) >= 11 is 25.0. The standard InChI is InChI=1S/C36H20Cl2N4.2C6H5Cl/c37-35-31-27-21-13-5-1-9-17(21)25(18-10-2-6-14-22(18)27)29(31)33(39-41-35)34-30-26-19-11-3-7-15-23(19)28(32(30)36(38)42-40-34)24-16-8-4-12-20(24)26;2*7-6-4-2-1-3-5-6/h1-16,25-28H;2*1-5H. The summed E-state index contributed by atoms with van der Waals surface area (Å²) in [7, 11) is 0. The van der Waals surface area contributed by atoms with Crippen LogP contribution >= 0.6 is 46.4 Å². The van der Waals surface area contributed by atoms with Gasteiger partial charge in [0.1, 0.15) is 11.4 Å². The van der Waals surface area contributed by atoms with E-state index in [1.807, 2.05) is 60.7 Å². The van der Waals surface area contributed by atoms with Crippen molar-refractivity contribution in [2.75, 3.05) is 0 Å². The van der Waals surface area contributed by atoms with Crippen LogP contribution in [-0.2, 0) is 0 Å². The lowest BCUT2D eigenvalue weighted by molar-refractivity contribution is 0.721. The Balaban J connectivity index is 0.000000232. The average molecular weight is 805 g/mol. The summed E-state index contributed by atoms with van der Waals surface area (Å²) in [6, 6.07) is 53.6. The molecule has 0 aliphatic heterocycles. The van der Waals surface area contributed by atoms with Crippen LogP contribution in [0.4, 0.5) is 0 Å². The molecule has 0 unspecified atom stereocenters. The molecule has 0 saturated heterocycles. The molecule has 8 heteroatoms. The molecule has 270 valence electrons. The highest BCUT2D eigenvalue weighted by Crippen LogP contribution is 2.61. The minimum atomic E-state index is -0.0334. The van der Waals surface area contributed by atoms with Crippen LogP contribution in [0.5, 0.6) is 0 Å². The van der Waals surface area contributed by atoms with Crippen LogP contribution in [0.3, 0.4) is 0 Å². The first kappa shape index (κ1) is 35.1. The molecule has 4 nitrogen and oxygen atoms in total. The van der Waals surface area contributed by atoms with Crippen molar-refractivity contribution in [2.45, 2.75) is 23.7 Å². The van der Waals surface area contributed by atoms with E-state index in [0.29, 0.717) is 10.3 Å². The van der Waals surface area contributed by atoms with Gasteiger partial charge in [-0.1, -0.05) is 180 Å². The van der Waals surface area contributed by atoms with Gasteiger partial charge in [-0.15, -0.1) is 20.4 Å². The molecule has 4 bridgehead atoms. The van der Waals surface area contributed by atoms with Gasteiger partial charge in [0, 0.05) is 56.0 Å². The monoisotopic (exact) mass is 802 g/mol. The van der Waals surface area contributed by atoms with Gasteiger partial charge in [-0.25, -0.2) is 0 Å². The van der Waals surface area contributed by atoms with Crippen molar-refractivity contribution in [1.29, 1.82) is 0 Å². The number of benzene rings is 6. The molecule has 0 N–H and O–H groups in total. The van der Waals surface area contributed by atoms with Crippen LogP contribution in [0.2, 0.25) is 20.4 Å². The second-order valence-electron chi connectivity index (χ2n) is 14.2. The predicted octanol–water partition coefficient (Wildman–Crippen LogP) is 12.9. The van der Waals surface area contributed by atoms with Gasteiger partial charge in [0.25, 0.3) is 0 Å². The molecular weight excluding hydrogens is 774 g/mol. The average Bonchev–Trinajstić information content (AvgIpc) is 3.25. The third-order valence-electron chi connectivity index (χ3n) is 11.3. The molecule has 6 aliphatic carbocycles. The van der Waals surface area contributed by atoms with Crippen molar-refractivity contribution in [3.8, 4) is 11.4 Å². The van der Waals surface area contributed by atoms with Crippen LogP contribution < -0.4 is 0 Å². The Labute approximate surface area is 344 Å². The summed E-state index contributed by atoms with van der Waals surface area (Å²) < 4.78 is 0. The van der Waals surface area contributed by atoms with Crippen LogP contribution in [0.15, 0.2) is 158 Å². The molecule has 0 saturated carbocycles. The Morgan fingerprint density at radius 1 is 0.268 bits per heavy atom. The SMILES string of the molecule is Clc1ccccc1.Clc1ccccc1.Clc1nnc(-c2nnc(Cl)c3c2C2c4ccccc4C3c3ccccc32)c2c1C1c3ccccc3C2c2ccccc21. The number of hydrogen-bond donors (Lipinski definition) is 0. The minimum absolute atomic E-state index is 0.0202. The van der Waals surface area contributed by atoms with Crippen LogP contribution in [0.1, 0.15) is 90.4 Å². The Bertz CT molecular complexity index is 2510. The van der Waals surface area contributed by atoms with Gasteiger partial charge in [-0.05, 0) is 68.8 Å². The normalized spacial score (nSPS) is 18.0. The molecule has 2 heterocycles. The molecule has 14 rings (SSSR count). The molecule has 0 amide bonds. The van der Waals surface area contributed by atoms with Gasteiger partial charge in [0.2, 0.25) is 0 Å². The van der Waals surface area contributed by atoms with Crippen LogP contribution in [0.25, 0.3) is 11.4 Å². The Hall–Kier alpha value is -5.36. The smallest absolute Gasteiger partial charge is 0.147 e. The van der Waals surface area contributed by atoms with E-state index in [1.165, 1.54) is 44.5 Å². The molecule has 2 aromatic heterocycles. The van der Waals surface area contributed by atoms with Crippen molar-refractivity contribution < 1.29 is 0 Å². The van der Waals surface area contributed by atoms with Gasteiger partial charge >= 0.3 is 0 Å². The number of halogens is 4. The van der Waals surface area contributed by atoms with Gasteiger partial charge < -0.3 is 0 Å². The lowest BCUT2D eigenvalue weighted by Crippen LogP contribution is -2.31. The molecule has 0 fully saturated rings. The number of aromatic nitrogens is 4. The fourth-order valence-corrected chi connectivity index (χ4v) is 10.0. The first-order valence-corrected chi connectivity index (χ1v) is 19.9. The maximum Gasteiger partial charge on any atom is 0.156 e. The second kappa shape index (κ2) is 14.3.